The van der Waals surface area contributed by atoms with E-state index in [0.717, 1.165) is 42.6 Å². The van der Waals surface area contributed by atoms with Gasteiger partial charge in [-0.3, -0.25) is 9.78 Å². The molecule has 0 saturated carbocycles. The standard InChI is InChI=1S/C22H22N2OS/c1-16-14-19(15-26-16)17-8-10-18(11-9-17)22(25)24-13-5-3-7-21(24)20-6-2-4-12-23-20/h2,4,6,8-12,14-15,21H,3,5,7,13H2,1H3/t21-/m1/s1. The van der Waals surface area contributed by atoms with Crippen LogP contribution in [0.15, 0.2) is 60.1 Å². The van der Waals surface area contributed by atoms with Gasteiger partial charge >= 0.3 is 0 Å². The van der Waals surface area contributed by atoms with Crippen molar-refractivity contribution in [1.82, 2.24) is 9.88 Å². The number of nitrogens with zero attached hydrogens (tertiary/aromatic N) is 2. The van der Waals surface area contributed by atoms with E-state index in [9.17, 15) is 4.79 Å². The van der Waals surface area contributed by atoms with Crippen LogP contribution in [-0.2, 0) is 0 Å². The number of rotatable bonds is 3. The maximum atomic E-state index is 13.1. The van der Waals surface area contributed by atoms with Crippen LogP contribution in [0.25, 0.3) is 11.1 Å². The fraction of sp³-hybridized carbons (Fsp3) is 0.273. The van der Waals surface area contributed by atoms with Crippen molar-refractivity contribution >= 4 is 17.2 Å². The van der Waals surface area contributed by atoms with Crippen LogP contribution in [-0.4, -0.2) is 22.3 Å². The summed E-state index contributed by atoms with van der Waals surface area (Å²) in [5, 5.41) is 2.16. The van der Waals surface area contributed by atoms with Crippen LogP contribution in [0.2, 0.25) is 0 Å². The van der Waals surface area contributed by atoms with Gasteiger partial charge in [-0.05, 0) is 73.0 Å². The van der Waals surface area contributed by atoms with Crippen molar-refractivity contribution in [3.8, 4) is 11.1 Å². The molecule has 4 rings (SSSR count). The van der Waals surface area contributed by atoms with Crippen molar-refractivity contribution in [1.29, 1.82) is 0 Å². The van der Waals surface area contributed by atoms with Crippen molar-refractivity contribution in [2.45, 2.75) is 32.2 Å². The first-order valence-corrected chi connectivity index (χ1v) is 9.98. The summed E-state index contributed by atoms with van der Waals surface area (Å²) in [4.78, 5) is 20.9. The number of benzene rings is 1. The van der Waals surface area contributed by atoms with Gasteiger partial charge in [0.1, 0.15) is 0 Å². The highest BCUT2D eigenvalue weighted by molar-refractivity contribution is 7.10. The molecule has 3 nitrogen and oxygen atoms in total. The molecule has 0 unspecified atom stereocenters. The van der Waals surface area contributed by atoms with Crippen molar-refractivity contribution in [3.05, 3.63) is 76.2 Å². The molecule has 0 spiro atoms. The first kappa shape index (κ1) is 17.0. The van der Waals surface area contributed by atoms with Crippen LogP contribution in [0.4, 0.5) is 0 Å². The molecule has 0 aliphatic carbocycles. The molecule has 3 heterocycles. The third-order valence-corrected chi connectivity index (χ3v) is 5.85. The monoisotopic (exact) mass is 362 g/mol. The largest absolute Gasteiger partial charge is 0.330 e. The van der Waals surface area contributed by atoms with Crippen LogP contribution in [0.5, 0.6) is 0 Å². The number of likely N-dealkylation sites (tertiary alicyclic amines) is 1. The van der Waals surface area contributed by atoms with Crippen LogP contribution in [0.1, 0.15) is 46.2 Å². The maximum absolute atomic E-state index is 13.1. The predicted molar refractivity (Wildman–Crippen MR) is 106 cm³/mol. The fourth-order valence-electron chi connectivity index (χ4n) is 3.62. The highest BCUT2D eigenvalue weighted by atomic mass is 32.1. The van der Waals surface area contributed by atoms with E-state index >= 15 is 0 Å². The maximum Gasteiger partial charge on any atom is 0.254 e. The Bertz CT molecular complexity index is 886. The van der Waals surface area contributed by atoms with E-state index in [1.165, 1.54) is 10.4 Å². The molecular weight excluding hydrogens is 340 g/mol. The Kier molecular flexibility index (Phi) is 4.85. The Hall–Kier alpha value is -2.46. The lowest BCUT2D eigenvalue weighted by Crippen LogP contribution is -2.38. The van der Waals surface area contributed by atoms with Crippen molar-refractivity contribution in [2.24, 2.45) is 0 Å². The van der Waals surface area contributed by atoms with E-state index in [-0.39, 0.29) is 11.9 Å². The van der Waals surface area contributed by atoms with Crippen molar-refractivity contribution in [2.75, 3.05) is 6.54 Å². The number of aryl methyl sites for hydroxylation is 1. The normalized spacial score (nSPS) is 17.3. The van der Waals surface area contributed by atoms with Gasteiger partial charge in [0, 0.05) is 23.2 Å². The van der Waals surface area contributed by atoms with E-state index in [1.807, 2.05) is 41.4 Å². The molecule has 26 heavy (non-hydrogen) atoms. The summed E-state index contributed by atoms with van der Waals surface area (Å²) in [6.45, 7) is 2.91. The summed E-state index contributed by atoms with van der Waals surface area (Å²) >= 11 is 1.75. The van der Waals surface area contributed by atoms with Gasteiger partial charge in [-0.2, -0.15) is 0 Å². The van der Waals surface area contributed by atoms with Gasteiger partial charge < -0.3 is 4.90 Å². The number of hydrogen-bond acceptors (Lipinski definition) is 3. The van der Waals surface area contributed by atoms with Crippen LogP contribution < -0.4 is 0 Å². The Morgan fingerprint density at radius 1 is 1.12 bits per heavy atom. The first-order valence-electron chi connectivity index (χ1n) is 9.10. The molecule has 1 atom stereocenters. The predicted octanol–water partition coefficient (Wildman–Crippen LogP) is 5.49. The van der Waals surface area contributed by atoms with E-state index < -0.39 is 0 Å². The number of carbonyl (C=O) groups excluding carboxylic acids is 1. The number of pyridine rings is 1. The van der Waals surface area contributed by atoms with E-state index in [2.05, 4.69) is 35.5 Å². The number of hydrogen-bond donors (Lipinski definition) is 0. The molecule has 1 aliphatic heterocycles. The van der Waals surface area contributed by atoms with E-state index in [0.29, 0.717) is 0 Å². The lowest BCUT2D eigenvalue weighted by molar-refractivity contribution is 0.0606. The second-order valence-electron chi connectivity index (χ2n) is 6.79. The molecular formula is C22H22N2OS. The summed E-state index contributed by atoms with van der Waals surface area (Å²) in [5.74, 6) is 0.105. The molecule has 0 N–H and O–H groups in total. The Morgan fingerprint density at radius 2 is 1.96 bits per heavy atom. The summed E-state index contributed by atoms with van der Waals surface area (Å²) < 4.78 is 0. The van der Waals surface area contributed by atoms with Crippen LogP contribution in [0, 0.1) is 6.92 Å². The van der Waals surface area contributed by atoms with E-state index in [1.54, 1.807) is 11.3 Å². The zero-order valence-corrected chi connectivity index (χ0v) is 15.7. The van der Waals surface area contributed by atoms with Crippen molar-refractivity contribution in [3.63, 3.8) is 0 Å². The minimum Gasteiger partial charge on any atom is -0.330 e. The molecule has 0 radical (unpaired) electrons. The summed E-state index contributed by atoms with van der Waals surface area (Å²) in [6, 6.07) is 16.2. The molecule has 4 heteroatoms. The van der Waals surface area contributed by atoms with Gasteiger partial charge in [-0.15, -0.1) is 11.3 Å². The third-order valence-electron chi connectivity index (χ3n) is 4.99. The lowest BCUT2D eigenvalue weighted by Gasteiger charge is -2.35. The zero-order valence-electron chi connectivity index (χ0n) is 14.9. The molecule has 1 saturated heterocycles. The average Bonchev–Trinajstić information content (AvgIpc) is 3.14. The summed E-state index contributed by atoms with van der Waals surface area (Å²) in [6.07, 6.45) is 4.99. The molecule has 3 aromatic rings. The number of aromatic nitrogens is 1. The first-order chi connectivity index (χ1) is 12.7. The van der Waals surface area contributed by atoms with Crippen LogP contribution in [0.3, 0.4) is 0 Å². The third kappa shape index (κ3) is 3.42. The second kappa shape index (κ2) is 7.42. The smallest absolute Gasteiger partial charge is 0.254 e. The highest BCUT2D eigenvalue weighted by Gasteiger charge is 2.29. The Morgan fingerprint density at radius 3 is 2.65 bits per heavy atom. The molecule has 1 aromatic carbocycles. The average molecular weight is 362 g/mol. The van der Waals surface area contributed by atoms with E-state index in [4.69, 9.17) is 0 Å². The molecule has 2 aromatic heterocycles. The summed E-state index contributed by atoms with van der Waals surface area (Å²) in [5.41, 5.74) is 4.12. The van der Waals surface area contributed by atoms with Gasteiger partial charge in [0.15, 0.2) is 0 Å². The minimum atomic E-state index is 0.0802. The summed E-state index contributed by atoms with van der Waals surface area (Å²) in [7, 11) is 0. The number of piperidine rings is 1. The molecule has 1 aliphatic rings. The fourth-order valence-corrected chi connectivity index (χ4v) is 4.33. The van der Waals surface area contributed by atoms with Gasteiger partial charge in [0.25, 0.3) is 5.91 Å². The molecule has 1 amide bonds. The second-order valence-corrected chi connectivity index (χ2v) is 7.90. The van der Waals surface area contributed by atoms with Crippen molar-refractivity contribution < 1.29 is 4.79 Å². The minimum absolute atomic E-state index is 0.0802. The van der Waals surface area contributed by atoms with Gasteiger partial charge in [-0.1, -0.05) is 18.2 Å². The number of carbonyl (C=O) groups is 1. The van der Waals surface area contributed by atoms with Gasteiger partial charge in [-0.25, -0.2) is 0 Å². The van der Waals surface area contributed by atoms with Gasteiger partial charge in [0.2, 0.25) is 0 Å². The molecule has 132 valence electrons. The van der Waals surface area contributed by atoms with Gasteiger partial charge in [0.05, 0.1) is 11.7 Å². The molecule has 0 bridgehead atoms. The zero-order chi connectivity index (χ0) is 17.9. The SMILES string of the molecule is Cc1cc(-c2ccc(C(=O)N3CCCC[C@@H]3c3ccccn3)cc2)cs1. The quantitative estimate of drug-likeness (QED) is 0.617. The lowest BCUT2D eigenvalue weighted by atomic mass is 9.97. The topological polar surface area (TPSA) is 33.2 Å². The highest BCUT2D eigenvalue weighted by Crippen LogP contribution is 2.31. The number of amides is 1. The molecule has 1 fully saturated rings. The number of thiophene rings is 1. The van der Waals surface area contributed by atoms with Crippen LogP contribution >= 0.6 is 11.3 Å². The Balaban J connectivity index is 1.57. The Labute approximate surface area is 158 Å².